The molecule has 0 spiro atoms. The van der Waals surface area contributed by atoms with Gasteiger partial charge in [0, 0.05) is 31.1 Å². The third kappa shape index (κ3) is 4.43. The number of ether oxygens (including phenoxy) is 2. The minimum atomic E-state index is 0.387. The molecule has 26 heavy (non-hydrogen) atoms. The third-order valence-electron chi connectivity index (χ3n) is 4.65. The van der Waals surface area contributed by atoms with E-state index in [1.54, 1.807) is 14.2 Å². The molecule has 1 N–H and O–H groups in total. The van der Waals surface area contributed by atoms with E-state index in [1.165, 1.54) is 6.42 Å². The van der Waals surface area contributed by atoms with Gasteiger partial charge in [-0.3, -0.25) is 0 Å². The highest BCUT2D eigenvalue weighted by atomic mass is 16.5. The lowest BCUT2D eigenvalue weighted by Crippen LogP contribution is -2.33. The van der Waals surface area contributed by atoms with Gasteiger partial charge in [0.15, 0.2) is 0 Å². The summed E-state index contributed by atoms with van der Waals surface area (Å²) >= 11 is 0. The van der Waals surface area contributed by atoms with Crippen LogP contribution in [0, 0.1) is 0 Å². The number of aryl methyl sites for hydroxylation is 1. The number of nitrogens with one attached hydrogen (secondary N) is 1. The summed E-state index contributed by atoms with van der Waals surface area (Å²) in [6, 6.07) is 10.3. The average Bonchev–Trinajstić information content (AvgIpc) is 3.11. The van der Waals surface area contributed by atoms with Crippen LogP contribution in [0.25, 0.3) is 0 Å². The van der Waals surface area contributed by atoms with Gasteiger partial charge in [-0.05, 0) is 43.5 Å². The summed E-state index contributed by atoms with van der Waals surface area (Å²) in [5.74, 6) is 2.45. The maximum Gasteiger partial charge on any atom is 0.229 e. The first-order valence-electron chi connectivity index (χ1n) is 9.28. The van der Waals surface area contributed by atoms with Gasteiger partial charge in [0.1, 0.15) is 11.6 Å². The number of anilines is 3. The van der Waals surface area contributed by atoms with Gasteiger partial charge < -0.3 is 19.7 Å². The van der Waals surface area contributed by atoms with Crippen LogP contribution in [0.15, 0.2) is 30.3 Å². The van der Waals surface area contributed by atoms with E-state index in [9.17, 15) is 0 Å². The first-order valence-corrected chi connectivity index (χ1v) is 9.28. The average molecular weight is 356 g/mol. The van der Waals surface area contributed by atoms with E-state index < -0.39 is 0 Å². The number of methoxy groups -OCH3 is 2. The lowest BCUT2D eigenvalue weighted by molar-refractivity contribution is 0.180. The van der Waals surface area contributed by atoms with Crippen LogP contribution in [0.5, 0.6) is 5.75 Å². The second-order valence-electron chi connectivity index (χ2n) is 6.59. The molecule has 0 aliphatic carbocycles. The van der Waals surface area contributed by atoms with Gasteiger partial charge in [-0.2, -0.15) is 4.98 Å². The van der Waals surface area contributed by atoms with Crippen LogP contribution >= 0.6 is 0 Å². The fourth-order valence-electron chi connectivity index (χ4n) is 3.38. The Labute approximate surface area is 155 Å². The number of rotatable bonds is 8. The summed E-state index contributed by atoms with van der Waals surface area (Å²) in [7, 11) is 3.42. The smallest absolute Gasteiger partial charge is 0.229 e. The Morgan fingerprint density at radius 3 is 2.69 bits per heavy atom. The van der Waals surface area contributed by atoms with Gasteiger partial charge in [-0.1, -0.05) is 13.3 Å². The molecule has 1 fully saturated rings. The summed E-state index contributed by atoms with van der Waals surface area (Å²) < 4.78 is 10.6. The SMILES string of the molecule is CCCc1cc(N2CCC[C@H]2COC)nc(Nc2ccc(OC)cc2)n1. The Bertz CT molecular complexity index is 705. The van der Waals surface area contributed by atoms with Crippen molar-refractivity contribution < 1.29 is 9.47 Å². The molecule has 0 bridgehead atoms. The summed E-state index contributed by atoms with van der Waals surface area (Å²) in [6.07, 6.45) is 4.31. The van der Waals surface area contributed by atoms with Crippen LogP contribution in [-0.4, -0.2) is 43.4 Å². The van der Waals surface area contributed by atoms with E-state index in [0.29, 0.717) is 12.0 Å². The fraction of sp³-hybridized carbons (Fsp3) is 0.500. The normalized spacial score (nSPS) is 16.7. The molecular weight excluding hydrogens is 328 g/mol. The molecular formula is C20H28N4O2. The number of hydrogen-bond donors (Lipinski definition) is 1. The monoisotopic (exact) mass is 356 g/mol. The van der Waals surface area contributed by atoms with E-state index >= 15 is 0 Å². The van der Waals surface area contributed by atoms with Crippen molar-refractivity contribution in [3.8, 4) is 5.75 Å². The molecule has 3 rings (SSSR count). The lowest BCUT2D eigenvalue weighted by Gasteiger charge is -2.26. The second-order valence-corrected chi connectivity index (χ2v) is 6.59. The predicted molar refractivity (Wildman–Crippen MR) is 105 cm³/mol. The van der Waals surface area contributed by atoms with E-state index in [1.807, 2.05) is 24.3 Å². The van der Waals surface area contributed by atoms with Crippen molar-refractivity contribution in [1.82, 2.24) is 9.97 Å². The first-order chi connectivity index (χ1) is 12.7. The quantitative estimate of drug-likeness (QED) is 0.776. The van der Waals surface area contributed by atoms with Gasteiger partial charge in [0.05, 0.1) is 19.8 Å². The van der Waals surface area contributed by atoms with Crippen molar-refractivity contribution in [3.05, 3.63) is 36.0 Å². The molecule has 0 amide bonds. The predicted octanol–water partition coefficient (Wildman–Crippen LogP) is 3.80. The minimum Gasteiger partial charge on any atom is -0.497 e. The van der Waals surface area contributed by atoms with Gasteiger partial charge in [0.2, 0.25) is 5.95 Å². The highest BCUT2D eigenvalue weighted by Gasteiger charge is 2.26. The molecule has 1 aromatic carbocycles. The Hall–Kier alpha value is -2.34. The van der Waals surface area contributed by atoms with Crippen LogP contribution in [-0.2, 0) is 11.2 Å². The number of benzene rings is 1. The van der Waals surface area contributed by atoms with Crippen LogP contribution in [0.4, 0.5) is 17.5 Å². The topological polar surface area (TPSA) is 59.5 Å². The van der Waals surface area contributed by atoms with Gasteiger partial charge in [0.25, 0.3) is 0 Å². The van der Waals surface area contributed by atoms with Crippen LogP contribution in [0.2, 0.25) is 0 Å². The van der Waals surface area contributed by atoms with Crippen LogP contribution in [0.1, 0.15) is 31.9 Å². The molecule has 6 nitrogen and oxygen atoms in total. The van der Waals surface area contributed by atoms with Crippen LogP contribution in [0.3, 0.4) is 0 Å². The molecule has 1 aliphatic heterocycles. The van der Waals surface area contributed by atoms with Crippen molar-refractivity contribution >= 4 is 17.5 Å². The summed E-state index contributed by atoms with van der Waals surface area (Å²) in [6.45, 7) is 3.91. The van der Waals surface area contributed by atoms with Gasteiger partial charge in [-0.25, -0.2) is 4.98 Å². The lowest BCUT2D eigenvalue weighted by atomic mass is 10.2. The van der Waals surface area contributed by atoms with Crippen molar-refractivity contribution in [2.24, 2.45) is 0 Å². The number of nitrogens with zero attached hydrogens (tertiary/aromatic N) is 3. The van der Waals surface area contributed by atoms with Crippen molar-refractivity contribution in [2.75, 3.05) is 37.6 Å². The zero-order chi connectivity index (χ0) is 18.4. The Morgan fingerprint density at radius 1 is 1.19 bits per heavy atom. The molecule has 1 aliphatic rings. The minimum absolute atomic E-state index is 0.387. The largest absolute Gasteiger partial charge is 0.497 e. The number of aromatic nitrogens is 2. The zero-order valence-corrected chi connectivity index (χ0v) is 15.9. The molecule has 0 saturated carbocycles. The van der Waals surface area contributed by atoms with E-state index in [2.05, 4.69) is 23.2 Å². The molecule has 0 unspecified atom stereocenters. The molecule has 0 radical (unpaired) electrons. The zero-order valence-electron chi connectivity index (χ0n) is 15.9. The fourth-order valence-corrected chi connectivity index (χ4v) is 3.38. The van der Waals surface area contributed by atoms with E-state index in [4.69, 9.17) is 19.4 Å². The Kier molecular flexibility index (Phi) is 6.28. The van der Waals surface area contributed by atoms with E-state index in [0.717, 1.165) is 55.4 Å². The molecule has 1 atom stereocenters. The van der Waals surface area contributed by atoms with Gasteiger partial charge in [-0.15, -0.1) is 0 Å². The molecule has 140 valence electrons. The highest BCUT2D eigenvalue weighted by molar-refractivity contribution is 5.57. The van der Waals surface area contributed by atoms with Crippen molar-refractivity contribution in [2.45, 2.75) is 38.6 Å². The van der Waals surface area contributed by atoms with Crippen molar-refractivity contribution in [1.29, 1.82) is 0 Å². The molecule has 2 aromatic rings. The molecule has 1 aromatic heterocycles. The highest BCUT2D eigenvalue weighted by Crippen LogP contribution is 2.27. The van der Waals surface area contributed by atoms with E-state index in [-0.39, 0.29) is 0 Å². The molecule has 1 saturated heterocycles. The van der Waals surface area contributed by atoms with Crippen LogP contribution < -0.4 is 15.0 Å². The summed E-state index contributed by atoms with van der Waals surface area (Å²) in [5.41, 5.74) is 2.01. The Balaban J connectivity index is 1.85. The number of hydrogen-bond acceptors (Lipinski definition) is 6. The maximum absolute atomic E-state index is 5.39. The Morgan fingerprint density at radius 2 is 2.00 bits per heavy atom. The van der Waals surface area contributed by atoms with Crippen molar-refractivity contribution in [3.63, 3.8) is 0 Å². The summed E-state index contributed by atoms with van der Waals surface area (Å²) in [4.78, 5) is 11.8. The third-order valence-corrected chi connectivity index (χ3v) is 4.65. The summed E-state index contributed by atoms with van der Waals surface area (Å²) in [5, 5.41) is 3.33. The molecule has 2 heterocycles. The van der Waals surface area contributed by atoms with Gasteiger partial charge >= 0.3 is 0 Å². The molecule has 6 heteroatoms. The first kappa shape index (κ1) is 18.5. The second kappa shape index (κ2) is 8.85. The standard InChI is InChI=1S/C20H28N4O2/c1-4-6-16-13-19(24-12-5-7-17(24)14-25-2)23-20(22-16)21-15-8-10-18(26-3)11-9-15/h8-11,13,17H,4-7,12,14H2,1-3H3,(H,21,22,23)/t17-/m0/s1. The maximum atomic E-state index is 5.39.